The van der Waals surface area contributed by atoms with Crippen LogP contribution < -0.4 is 4.74 Å². The van der Waals surface area contributed by atoms with Crippen LogP contribution in [0.1, 0.15) is 31.2 Å². The van der Waals surface area contributed by atoms with Crippen molar-refractivity contribution < 1.29 is 14.6 Å². The van der Waals surface area contributed by atoms with E-state index in [0.29, 0.717) is 5.92 Å². The van der Waals surface area contributed by atoms with Crippen molar-refractivity contribution in [1.82, 2.24) is 0 Å². The fraction of sp³-hybridized carbons (Fsp3) is 0.471. The highest BCUT2D eigenvalue weighted by atomic mass is 16.5. The molecule has 2 aliphatic rings. The Hall–Kier alpha value is -1.77. The Morgan fingerprint density at radius 2 is 2.25 bits per heavy atom. The maximum Gasteiger partial charge on any atom is 0.328 e. The van der Waals surface area contributed by atoms with E-state index in [-0.39, 0.29) is 0 Å². The van der Waals surface area contributed by atoms with Crippen molar-refractivity contribution in [2.24, 2.45) is 17.8 Å². The lowest BCUT2D eigenvalue weighted by molar-refractivity contribution is -0.131. The molecule has 2 saturated carbocycles. The minimum Gasteiger partial charge on any atom is -0.493 e. The topological polar surface area (TPSA) is 46.5 Å². The summed E-state index contributed by atoms with van der Waals surface area (Å²) in [4.78, 5) is 10.5. The molecule has 0 heterocycles. The molecule has 3 unspecified atom stereocenters. The van der Waals surface area contributed by atoms with Gasteiger partial charge in [-0.3, -0.25) is 0 Å². The molecule has 3 heteroatoms. The summed E-state index contributed by atoms with van der Waals surface area (Å²) in [6, 6.07) is 7.61. The number of rotatable bonds is 5. The minimum atomic E-state index is -0.932. The molecule has 2 bridgehead atoms. The van der Waals surface area contributed by atoms with Crippen LogP contribution in [-0.2, 0) is 4.79 Å². The number of ether oxygens (including phenoxy) is 1. The van der Waals surface area contributed by atoms with Gasteiger partial charge in [0.05, 0.1) is 6.61 Å². The molecule has 0 spiro atoms. The normalized spacial score (nSPS) is 28.1. The number of carbonyl (C=O) groups is 1. The number of hydrogen-bond donors (Lipinski definition) is 1. The molecule has 0 aromatic heterocycles. The summed E-state index contributed by atoms with van der Waals surface area (Å²) in [6.07, 6.45) is 8.25. The molecule has 106 valence electrons. The molecule has 1 aromatic rings. The van der Waals surface area contributed by atoms with Crippen LogP contribution in [0.2, 0.25) is 0 Å². The zero-order valence-electron chi connectivity index (χ0n) is 11.5. The van der Waals surface area contributed by atoms with Gasteiger partial charge in [0.2, 0.25) is 0 Å². The Balaban J connectivity index is 1.57. The summed E-state index contributed by atoms with van der Waals surface area (Å²) in [5, 5.41) is 8.63. The Morgan fingerprint density at radius 1 is 1.35 bits per heavy atom. The van der Waals surface area contributed by atoms with Crippen molar-refractivity contribution in [3.63, 3.8) is 0 Å². The first-order chi connectivity index (χ1) is 9.70. The van der Waals surface area contributed by atoms with Crippen molar-refractivity contribution >= 4 is 12.0 Å². The Morgan fingerprint density at radius 3 is 2.95 bits per heavy atom. The maximum atomic E-state index is 10.5. The lowest BCUT2D eigenvalue weighted by Crippen LogP contribution is -2.18. The Bertz CT molecular complexity index is 521. The summed E-state index contributed by atoms with van der Waals surface area (Å²) in [6.45, 7) is 0.799. The largest absolute Gasteiger partial charge is 0.493 e. The fourth-order valence-electron chi connectivity index (χ4n) is 3.66. The third kappa shape index (κ3) is 3.03. The standard InChI is InChI=1S/C17H20O3/c18-17(19)7-5-12-2-1-3-16(10-12)20-11-15-9-13-4-6-14(15)8-13/h1-3,5,7,10,13-15H,4,6,8-9,11H2,(H,18,19). The number of carboxylic acid groups (broad SMARTS) is 1. The van der Waals surface area contributed by atoms with Gasteiger partial charge in [-0.05, 0) is 60.8 Å². The molecule has 2 aliphatic carbocycles. The van der Waals surface area contributed by atoms with E-state index in [9.17, 15) is 4.79 Å². The van der Waals surface area contributed by atoms with Crippen LogP contribution >= 0.6 is 0 Å². The molecule has 0 radical (unpaired) electrons. The predicted molar refractivity (Wildman–Crippen MR) is 77.5 cm³/mol. The van der Waals surface area contributed by atoms with E-state index in [4.69, 9.17) is 9.84 Å². The second-order valence-corrected chi connectivity index (χ2v) is 5.99. The third-order valence-corrected chi connectivity index (χ3v) is 4.63. The highest BCUT2D eigenvalue weighted by Gasteiger charge is 2.39. The molecule has 3 rings (SSSR count). The van der Waals surface area contributed by atoms with Crippen molar-refractivity contribution in [2.45, 2.75) is 25.7 Å². The monoisotopic (exact) mass is 272 g/mol. The number of fused-ring (bicyclic) bond motifs is 2. The first kappa shape index (κ1) is 13.2. The molecule has 1 aromatic carbocycles. The van der Waals surface area contributed by atoms with Gasteiger partial charge in [0.1, 0.15) is 5.75 Å². The number of benzene rings is 1. The van der Waals surface area contributed by atoms with Gasteiger partial charge >= 0.3 is 5.97 Å². The lowest BCUT2D eigenvalue weighted by atomic mass is 9.89. The summed E-state index contributed by atoms with van der Waals surface area (Å²) < 4.78 is 5.91. The number of aliphatic carboxylic acids is 1. The van der Waals surface area contributed by atoms with Gasteiger partial charge in [-0.25, -0.2) is 4.79 Å². The maximum absolute atomic E-state index is 10.5. The molecule has 0 amide bonds. The minimum absolute atomic E-state index is 0.715. The van der Waals surface area contributed by atoms with Crippen molar-refractivity contribution in [3.8, 4) is 5.75 Å². The predicted octanol–water partition coefficient (Wildman–Crippen LogP) is 3.60. The quantitative estimate of drug-likeness (QED) is 0.833. The summed E-state index contributed by atoms with van der Waals surface area (Å²) in [5.41, 5.74) is 0.859. The average Bonchev–Trinajstić information content (AvgIpc) is 3.06. The zero-order chi connectivity index (χ0) is 13.9. The van der Waals surface area contributed by atoms with Crippen LogP contribution in [-0.4, -0.2) is 17.7 Å². The Labute approximate surface area is 119 Å². The van der Waals surface area contributed by atoms with Crippen molar-refractivity contribution in [2.75, 3.05) is 6.61 Å². The van der Waals surface area contributed by atoms with Gasteiger partial charge in [0.15, 0.2) is 0 Å². The van der Waals surface area contributed by atoms with E-state index in [1.54, 1.807) is 6.08 Å². The second kappa shape index (κ2) is 5.70. The smallest absolute Gasteiger partial charge is 0.328 e. The molecule has 2 fully saturated rings. The van der Waals surface area contributed by atoms with Crippen LogP contribution in [0.5, 0.6) is 5.75 Å². The molecule has 0 aliphatic heterocycles. The van der Waals surface area contributed by atoms with E-state index in [1.807, 2.05) is 24.3 Å². The van der Waals surface area contributed by atoms with Crippen molar-refractivity contribution in [1.29, 1.82) is 0 Å². The van der Waals surface area contributed by atoms with Crippen LogP contribution in [0.25, 0.3) is 6.08 Å². The summed E-state index contributed by atoms with van der Waals surface area (Å²) in [7, 11) is 0. The molecule has 3 atom stereocenters. The van der Waals surface area contributed by atoms with E-state index < -0.39 is 5.97 Å². The fourth-order valence-corrected chi connectivity index (χ4v) is 3.66. The van der Waals surface area contributed by atoms with Gasteiger partial charge in [0, 0.05) is 6.08 Å². The molecular weight excluding hydrogens is 252 g/mol. The highest BCUT2D eigenvalue weighted by molar-refractivity contribution is 5.85. The molecular formula is C17H20O3. The van der Waals surface area contributed by atoms with Gasteiger partial charge in [-0.1, -0.05) is 18.6 Å². The van der Waals surface area contributed by atoms with Crippen LogP contribution in [0, 0.1) is 17.8 Å². The van der Waals surface area contributed by atoms with Crippen LogP contribution in [0.4, 0.5) is 0 Å². The molecule has 0 saturated heterocycles. The van der Waals surface area contributed by atoms with E-state index in [1.165, 1.54) is 25.7 Å². The van der Waals surface area contributed by atoms with E-state index >= 15 is 0 Å². The van der Waals surface area contributed by atoms with Gasteiger partial charge in [-0.2, -0.15) is 0 Å². The first-order valence-electron chi connectivity index (χ1n) is 7.34. The first-order valence-corrected chi connectivity index (χ1v) is 7.34. The van der Waals surface area contributed by atoms with Crippen LogP contribution in [0.3, 0.4) is 0 Å². The molecule has 3 nitrogen and oxygen atoms in total. The lowest BCUT2D eigenvalue weighted by Gasteiger charge is -2.21. The van der Waals surface area contributed by atoms with Gasteiger partial charge in [0.25, 0.3) is 0 Å². The van der Waals surface area contributed by atoms with Gasteiger partial charge < -0.3 is 9.84 Å². The molecule has 1 N–H and O–H groups in total. The number of hydrogen-bond acceptors (Lipinski definition) is 2. The van der Waals surface area contributed by atoms with E-state index in [0.717, 1.165) is 35.8 Å². The van der Waals surface area contributed by atoms with Crippen LogP contribution in [0.15, 0.2) is 30.3 Å². The van der Waals surface area contributed by atoms with Crippen molar-refractivity contribution in [3.05, 3.63) is 35.9 Å². The van der Waals surface area contributed by atoms with Gasteiger partial charge in [-0.15, -0.1) is 0 Å². The highest BCUT2D eigenvalue weighted by Crippen LogP contribution is 2.48. The summed E-state index contributed by atoms with van der Waals surface area (Å²) in [5.74, 6) is 2.43. The summed E-state index contributed by atoms with van der Waals surface area (Å²) >= 11 is 0. The second-order valence-electron chi connectivity index (χ2n) is 5.99. The Kier molecular flexibility index (Phi) is 3.77. The SMILES string of the molecule is O=C(O)C=Cc1cccc(OCC2CC3CCC2C3)c1. The van der Waals surface area contributed by atoms with E-state index in [2.05, 4.69) is 0 Å². The number of carboxylic acids is 1. The zero-order valence-corrected chi connectivity index (χ0v) is 11.5. The molecule has 20 heavy (non-hydrogen) atoms. The average molecular weight is 272 g/mol. The third-order valence-electron chi connectivity index (χ3n) is 4.63.